The van der Waals surface area contributed by atoms with Gasteiger partial charge in [0, 0.05) is 18.4 Å². The summed E-state index contributed by atoms with van der Waals surface area (Å²) < 4.78 is 2.28. The Labute approximate surface area is 123 Å². The first-order valence-corrected chi connectivity index (χ1v) is 6.52. The van der Waals surface area contributed by atoms with Crippen molar-refractivity contribution in [2.75, 3.05) is 11.9 Å². The molecule has 20 heavy (non-hydrogen) atoms. The fourth-order valence-corrected chi connectivity index (χ4v) is 2.07. The molecule has 7 heteroatoms. The van der Waals surface area contributed by atoms with E-state index in [0.717, 1.165) is 4.47 Å². The van der Waals surface area contributed by atoms with Crippen LogP contribution in [0.15, 0.2) is 34.9 Å². The van der Waals surface area contributed by atoms with E-state index >= 15 is 0 Å². The third-order valence-corrected chi connectivity index (χ3v) is 3.30. The van der Waals surface area contributed by atoms with Crippen molar-refractivity contribution in [3.8, 4) is 5.69 Å². The number of nitrogens with zero attached hydrogens (tertiary/aromatic N) is 3. The quantitative estimate of drug-likeness (QED) is 0.932. The van der Waals surface area contributed by atoms with Gasteiger partial charge in [-0.25, -0.2) is 9.48 Å². The zero-order valence-corrected chi connectivity index (χ0v) is 12.5. The number of carbonyl (C=O) groups excluding carboxylic acids is 1. The predicted molar refractivity (Wildman–Crippen MR) is 77.3 cm³/mol. The molecule has 104 valence electrons. The van der Waals surface area contributed by atoms with Crippen molar-refractivity contribution < 1.29 is 14.7 Å². The summed E-state index contributed by atoms with van der Waals surface area (Å²) >= 11 is 3.34. The maximum atomic E-state index is 11.4. The first-order chi connectivity index (χ1) is 9.40. The molecule has 1 aromatic carbocycles. The Bertz CT molecular complexity index is 681. The molecule has 0 aliphatic heterocycles. The van der Waals surface area contributed by atoms with Gasteiger partial charge in [0.25, 0.3) is 0 Å². The Hall–Kier alpha value is -2.15. The summed E-state index contributed by atoms with van der Waals surface area (Å²) in [5.74, 6) is -1.44. The molecule has 0 atom stereocenters. The molecule has 0 aliphatic rings. The average Bonchev–Trinajstić information content (AvgIpc) is 2.82. The largest absolute Gasteiger partial charge is 0.476 e. The van der Waals surface area contributed by atoms with E-state index in [-0.39, 0.29) is 17.3 Å². The number of hydrogen-bond acceptors (Lipinski definition) is 3. The van der Waals surface area contributed by atoms with E-state index in [1.807, 2.05) is 12.1 Å². The minimum Gasteiger partial charge on any atom is -0.476 e. The molecule has 1 heterocycles. The lowest BCUT2D eigenvalue weighted by atomic mass is 10.3. The Kier molecular flexibility index (Phi) is 3.89. The minimum absolute atomic E-state index is 0.164. The first-order valence-electron chi connectivity index (χ1n) is 5.73. The number of aromatic carboxylic acids is 1. The topological polar surface area (TPSA) is 75.4 Å². The highest BCUT2D eigenvalue weighted by Crippen LogP contribution is 2.22. The van der Waals surface area contributed by atoms with Crippen molar-refractivity contribution in [2.24, 2.45) is 0 Å². The lowest BCUT2D eigenvalue weighted by Crippen LogP contribution is -2.24. The van der Waals surface area contributed by atoms with Crippen molar-refractivity contribution in [2.45, 2.75) is 6.92 Å². The molecule has 0 aliphatic carbocycles. The lowest BCUT2D eigenvalue weighted by Gasteiger charge is -2.12. The van der Waals surface area contributed by atoms with E-state index in [0.29, 0.717) is 5.69 Å². The van der Waals surface area contributed by atoms with Crippen molar-refractivity contribution in [3.05, 3.63) is 40.6 Å². The molecule has 0 saturated carbocycles. The van der Waals surface area contributed by atoms with Crippen LogP contribution in [0.1, 0.15) is 17.4 Å². The van der Waals surface area contributed by atoms with E-state index in [1.54, 1.807) is 12.1 Å². The van der Waals surface area contributed by atoms with E-state index in [9.17, 15) is 14.7 Å². The summed E-state index contributed by atoms with van der Waals surface area (Å²) in [6.07, 6.45) is 1.52. The van der Waals surface area contributed by atoms with Gasteiger partial charge in [-0.2, -0.15) is 5.10 Å². The summed E-state index contributed by atoms with van der Waals surface area (Å²) in [6, 6.07) is 7.26. The fourth-order valence-electron chi connectivity index (χ4n) is 1.68. The first kappa shape index (κ1) is 14.3. The summed E-state index contributed by atoms with van der Waals surface area (Å²) in [5, 5.41) is 13.2. The number of hydrogen-bond donors (Lipinski definition) is 1. The molecule has 0 bridgehead atoms. The molecular formula is C13H12BrN3O3. The van der Waals surface area contributed by atoms with Crippen molar-refractivity contribution >= 4 is 33.5 Å². The van der Waals surface area contributed by atoms with E-state index in [4.69, 9.17) is 0 Å². The standard InChI is InChI=1S/C13H12BrN3O3/c1-8(18)16(2)11-7-17(15-12(11)13(19)20)10-5-3-4-9(14)6-10/h3-7H,1-2H3,(H,19,20). The summed E-state index contributed by atoms with van der Waals surface area (Å²) in [6.45, 7) is 1.36. The Morgan fingerprint density at radius 3 is 2.65 bits per heavy atom. The van der Waals surface area contributed by atoms with Gasteiger partial charge in [0.1, 0.15) is 0 Å². The molecule has 1 aromatic heterocycles. The molecule has 0 fully saturated rings. The van der Waals surface area contributed by atoms with Crippen LogP contribution in [-0.2, 0) is 4.79 Å². The average molecular weight is 338 g/mol. The van der Waals surface area contributed by atoms with Gasteiger partial charge in [0.05, 0.1) is 17.6 Å². The predicted octanol–water partition coefficient (Wildman–Crippen LogP) is 2.32. The number of carboxylic acids is 1. The second-order valence-corrected chi connectivity index (χ2v) is 5.09. The van der Waals surface area contributed by atoms with Gasteiger partial charge in [-0.15, -0.1) is 0 Å². The van der Waals surface area contributed by atoms with E-state index in [2.05, 4.69) is 21.0 Å². The molecule has 0 saturated heterocycles. The van der Waals surface area contributed by atoms with E-state index < -0.39 is 5.97 Å². The number of rotatable bonds is 3. The van der Waals surface area contributed by atoms with Crippen molar-refractivity contribution in [1.29, 1.82) is 0 Å². The zero-order valence-electron chi connectivity index (χ0n) is 10.9. The Morgan fingerprint density at radius 2 is 2.10 bits per heavy atom. The highest BCUT2D eigenvalue weighted by atomic mass is 79.9. The van der Waals surface area contributed by atoms with Crippen LogP contribution < -0.4 is 4.90 Å². The van der Waals surface area contributed by atoms with Crippen LogP contribution in [0, 0.1) is 0 Å². The second-order valence-electron chi connectivity index (χ2n) is 4.17. The smallest absolute Gasteiger partial charge is 0.358 e. The second kappa shape index (κ2) is 5.46. The minimum atomic E-state index is -1.18. The third-order valence-electron chi connectivity index (χ3n) is 2.80. The molecule has 1 N–H and O–H groups in total. The lowest BCUT2D eigenvalue weighted by molar-refractivity contribution is -0.116. The van der Waals surface area contributed by atoms with Gasteiger partial charge >= 0.3 is 5.97 Å². The van der Waals surface area contributed by atoms with Crippen LogP contribution in [0.25, 0.3) is 5.69 Å². The summed E-state index contributed by atoms with van der Waals surface area (Å²) in [5.41, 5.74) is 0.790. The fraction of sp³-hybridized carbons (Fsp3) is 0.154. The summed E-state index contributed by atoms with van der Waals surface area (Å²) in [7, 11) is 1.51. The molecule has 0 radical (unpaired) electrons. The van der Waals surface area contributed by atoms with Crippen LogP contribution in [0.3, 0.4) is 0 Å². The highest BCUT2D eigenvalue weighted by Gasteiger charge is 2.21. The molecule has 1 amide bonds. The Morgan fingerprint density at radius 1 is 1.40 bits per heavy atom. The zero-order chi connectivity index (χ0) is 14.9. The number of carbonyl (C=O) groups is 2. The van der Waals surface area contributed by atoms with Gasteiger partial charge < -0.3 is 10.0 Å². The molecule has 0 unspecified atom stereocenters. The molecule has 6 nitrogen and oxygen atoms in total. The molecule has 0 spiro atoms. The van der Waals surface area contributed by atoms with Crippen LogP contribution >= 0.6 is 15.9 Å². The maximum absolute atomic E-state index is 11.4. The van der Waals surface area contributed by atoms with Crippen LogP contribution in [-0.4, -0.2) is 33.8 Å². The SMILES string of the molecule is CC(=O)N(C)c1cn(-c2cccc(Br)c2)nc1C(=O)O. The number of anilines is 1. The molecule has 2 rings (SSSR count). The number of aromatic nitrogens is 2. The van der Waals surface area contributed by atoms with E-state index in [1.165, 1.54) is 29.7 Å². The summed E-state index contributed by atoms with van der Waals surface area (Å²) in [4.78, 5) is 23.9. The van der Waals surface area contributed by atoms with Gasteiger partial charge in [-0.1, -0.05) is 22.0 Å². The van der Waals surface area contributed by atoms with Crippen molar-refractivity contribution in [3.63, 3.8) is 0 Å². The monoisotopic (exact) mass is 337 g/mol. The van der Waals surface area contributed by atoms with Crippen LogP contribution in [0.2, 0.25) is 0 Å². The van der Waals surface area contributed by atoms with Crippen LogP contribution in [0.5, 0.6) is 0 Å². The number of carboxylic acid groups (broad SMARTS) is 1. The highest BCUT2D eigenvalue weighted by molar-refractivity contribution is 9.10. The van der Waals surface area contributed by atoms with Crippen LogP contribution in [0.4, 0.5) is 5.69 Å². The van der Waals surface area contributed by atoms with Crippen molar-refractivity contribution in [1.82, 2.24) is 9.78 Å². The number of amides is 1. The normalized spacial score (nSPS) is 10.3. The maximum Gasteiger partial charge on any atom is 0.358 e. The number of halogens is 1. The molecule has 2 aromatic rings. The van der Waals surface area contributed by atoms with Gasteiger partial charge in [0.2, 0.25) is 5.91 Å². The number of benzene rings is 1. The van der Waals surface area contributed by atoms with Gasteiger partial charge in [-0.3, -0.25) is 4.79 Å². The van der Waals surface area contributed by atoms with Gasteiger partial charge in [-0.05, 0) is 18.2 Å². The Balaban J connectivity index is 2.55. The van der Waals surface area contributed by atoms with Gasteiger partial charge in [0.15, 0.2) is 5.69 Å². The third kappa shape index (κ3) is 2.72. The molecular weight excluding hydrogens is 326 g/mol.